The number of hydrazone groups is 1. The van der Waals surface area contributed by atoms with Gasteiger partial charge in [0, 0.05) is 35.3 Å². The Balaban J connectivity index is 1.45. The van der Waals surface area contributed by atoms with Crippen LogP contribution in [-0.2, 0) is 16.1 Å². The molecule has 182 valence electrons. The second-order valence-corrected chi connectivity index (χ2v) is 7.73. The predicted octanol–water partition coefficient (Wildman–Crippen LogP) is 3.91. The molecule has 0 atom stereocenters. The minimum absolute atomic E-state index is 0.000897. The van der Waals surface area contributed by atoms with E-state index < -0.39 is 23.4 Å². The molecule has 0 aliphatic carbocycles. The molecule has 0 saturated heterocycles. The van der Waals surface area contributed by atoms with Crippen LogP contribution in [-0.4, -0.2) is 41.3 Å². The van der Waals surface area contributed by atoms with Gasteiger partial charge in [-0.2, -0.15) is 5.10 Å². The van der Waals surface area contributed by atoms with Crippen molar-refractivity contribution in [3.05, 3.63) is 106 Å². The van der Waals surface area contributed by atoms with Crippen molar-refractivity contribution in [1.82, 2.24) is 9.99 Å². The van der Waals surface area contributed by atoms with Gasteiger partial charge in [0.15, 0.2) is 12.4 Å². The first-order valence-electron chi connectivity index (χ1n) is 10.9. The summed E-state index contributed by atoms with van der Waals surface area (Å²) in [5.41, 5.74) is 5.27. The Labute approximate surface area is 205 Å². The number of rotatable bonds is 9. The third-order valence-corrected chi connectivity index (χ3v) is 5.33. The summed E-state index contributed by atoms with van der Waals surface area (Å²) in [6.45, 7) is 0.0791. The minimum Gasteiger partial charge on any atom is -0.477 e. The Morgan fingerprint density at radius 2 is 1.86 bits per heavy atom. The molecule has 3 aromatic carbocycles. The molecule has 36 heavy (non-hydrogen) atoms. The number of ether oxygens (including phenoxy) is 2. The van der Waals surface area contributed by atoms with E-state index in [0.29, 0.717) is 12.1 Å². The molecule has 10 nitrogen and oxygen atoms in total. The van der Waals surface area contributed by atoms with Gasteiger partial charge in [0.25, 0.3) is 5.91 Å². The molecule has 0 radical (unpaired) electrons. The van der Waals surface area contributed by atoms with Crippen LogP contribution < -0.4 is 10.2 Å². The highest BCUT2D eigenvalue weighted by Crippen LogP contribution is 2.25. The fourth-order valence-corrected chi connectivity index (χ4v) is 3.70. The summed E-state index contributed by atoms with van der Waals surface area (Å²) in [4.78, 5) is 34.5. The first-order chi connectivity index (χ1) is 17.5. The average Bonchev–Trinajstić information content (AvgIpc) is 3.24. The van der Waals surface area contributed by atoms with Crippen LogP contribution in [0, 0.1) is 10.1 Å². The topological polar surface area (TPSA) is 125 Å². The number of esters is 1. The second kappa shape index (κ2) is 11.0. The zero-order valence-electron chi connectivity index (χ0n) is 19.3. The van der Waals surface area contributed by atoms with Crippen molar-refractivity contribution >= 4 is 34.7 Å². The number of benzene rings is 3. The van der Waals surface area contributed by atoms with Gasteiger partial charge in [0.05, 0.1) is 23.8 Å². The number of nitrogens with zero attached hydrogens (tertiary/aromatic N) is 3. The lowest BCUT2D eigenvalue weighted by Crippen LogP contribution is -2.24. The molecule has 1 amide bonds. The lowest BCUT2D eigenvalue weighted by Gasteiger charge is -2.07. The Kier molecular flexibility index (Phi) is 7.35. The van der Waals surface area contributed by atoms with Gasteiger partial charge < -0.3 is 14.0 Å². The standard InChI is InChI=1S/C26H22N4O6/c1-35-26(32)19-8-6-7-18(13-19)15-29-16-20(21-9-2-3-10-22(21)29)14-27-28-25(31)17-36-24-12-5-4-11-23(24)30(33)34/h2-14,16H,15,17H2,1H3,(H,28,31)/b27-14+. The molecule has 1 heterocycles. The number of hydrogen-bond acceptors (Lipinski definition) is 7. The van der Waals surface area contributed by atoms with Crippen LogP contribution in [0.4, 0.5) is 5.69 Å². The number of hydrogen-bond donors (Lipinski definition) is 1. The maximum Gasteiger partial charge on any atom is 0.337 e. The lowest BCUT2D eigenvalue weighted by molar-refractivity contribution is -0.385. The summed E-state index contributed by atoms with van der Waals surface area (Å²) in [6, 6.07) is 20.8. The fraction of sp³-hybridized carbons (Fsp3) is 0.115. The number of nitrogens with one attached hydrogen (secondary N) is 1. The molecule has 1 N–H and O–H groups in total. The van der Waals surface area contributed by atoms with Crippen LogP contribution in [0.25, 0.3) is 10.9 Å². The summed E-state index contributed by atoms with van der Waals surface area (Å²) < 4.78 is 12.1. The lowest BCUT2D eigenvalue weighted by atomic mass is 10.1. The van der Waals surface area contributed by atoms with Gasteiger partial charge >= 0.3 is 11.7 Å². The third kappa shape index (κ3) is 5.55. The maximum absolute atomic E-state index is 12.1. The van der Waals surface area contributed by atoms with E-state index in [1.54, 1.807) is 24.3 Å². The van der Waals surface area contributed by atoms with Crippen LogP contribution >= 0.6 is 0 Å². The number of fused-ring (bicyclic) bond motifs is 1. The van der Waals surface area contributed by atoms with Gasteiger partial charge in [0.1, 0.15) is 0 Å². The first kappa shape index (κ1) is 24.1. The van der Waals surface area contributed by atoms with Gasteiger partial charge in [-0.15, -0.1) is 0 Å². The quantitative estimate of drug-likeness (QED) is 0.165. The largest absolute Gasteiger partial charge is 0.477 e. The van der Waals surface area contributed by atoms with Crippen LogP contribution in [0.5, 0.6) is 5.75 Å². The number of amides is 1. The normalized spacial score (nSPS) is 10.9. The van der Waals surface area contributed by atoms with E-state index >= 15 is 0 Å². The monoisotopic (exact) mass is 486 g/mol. The maximum atomic E-state index is 12.1. The number of aromatic nitrogens is 1. The van der Waals surface area contributed by atoms with Crippen LogP contribution in [0.15, 0.2) is 84.1 Å². The molecule has 0 unspecified atom stereocenters. The van der Waals surface area contributed by atoms with E-state index in [9.17, 15) is 19.7 Å². The highest BCUT2D eigenvalue weighted by atomic mass is 16.6. The smallest absolute Gasteiger partial charge is 0.337 e. The van der Waals surface area contributed by atoms with Crippen molar-refractivity contribution in [1.29, 1.82) is 0 Å². The second-order valence-electron chi connectivity index (χ2n) is 7.73. The molecule has 4 aromatic rings. The molecule has 10 heteroatoms. The number of carbonyl (C=O) groups is 2. The number of nitro groups is 1. The SMILES string of the molecule is COC(=O)c1cccc(Cn2cc(/C=N/NC(=O)COc3ccccc3[N+](=O)[O-])c3ccccc32)c1. The van der Waals surface area contributed by atoms with Crippen molar-refractivity contribution in [3.8, 4) is 5.75 Å². The zero-order chi connectivity index (χ0) is 25.5. The van der Waals surface area contributed by atoms with E-state index in [1.807, 2.05) is 41.1 Å². The molecule has 0 aliphatic heterocycles. The number of para-hydroxylation sites is 3. The number of methoxy groups -OCH3 is 1. The van der Waals surface area contributed by atoms with Crippen LogP contribution in [0.2, 0.25) is 0 Å². The van der Waals surface area contributed by atoms with Crippen molar-refractivity contribution in [2.75, 3.05) is 13.7 Å². The Morgan fingerprint density at radius 3 is 2.67 bits per heavy atom. The zero-order valence-corrected chi connectivity index (χ0v) is 19.3. The van der Waals surface area contributed by atoms with Gasteiger partial charge in [-0.3, -0.25) is 14.9 Å². The molecule has 0 spiro atoms. The van der Waals surface area contributed by atoms with Crippen molar-refractivity contribution < 1.29 is 24.0 Å². The van der Waals surface area contributed by atoms with E-state index in [4.69, 9.17) is 9.47 Å². The minimum atomic E-state index is -0.577. The summed E-state index contributed by atoms with van der Waals surface area (Å²) >= 11 is 0. The molecule has 4 rings (SSSR count). The molecule has 0 saturated carbocycles. The molecule has 0 bridgehead atoms. The highest BCUT2D eigenvalue weighted by molar-refractivity contribution is 5.99. The molecular formula is C26H22N4O6. The van der Waals surface area contributed by atoms with E-state index in [2.05, 4.69) is 10.5 Å². The summed E-state index contributed by atoms with van der Waals surface area (Å²) in [6.07, 6.45) is 3.42. The van der Waals surface area contributed by atoms with Crippen LogP contribution in [0.1, 0.15) is 21.5 Å². The number of nitro benzene ring substituents is 1. The first-order valence-corrected chi connectivity index (χ1v) is 10.9. The van der Waals surface area contributed by atoms with Gasteiger partial charge in [-0.05, 0) is 29.8 Å². The molecule has 1 aromatic heterocycles. The van der Waals surface area contributed by atoms with E-state index in [0.717, 1.165) is 22.0 Å². The Bertz CT molecular complexity index is 1460. The molecule has 0 aliphatic rings. The van der Waals surface area contributed by atoms with E-state index in [1.165, 1.54) is 31.5 Å². The average molecular weight is 486 g/mol. The van der Waals surface area contributed by atoms with Gasteiger partial charge in [0.2, 0.25) is 0 Å². The highest BCUT2D eigenvalue weighted by Gasteiger charge is 2.15. The molecule has 0 fully saturated rings. The predicted molar refractivity (Wildman–Crippen MR) is 133 cm³/mol. The van der Waals surface area contributed by atoms with Crippen molar-refractivity contribution in [3.63, 3.8) is 0 Å². The summed E-state index contributed by atoms with van der Waals surface area (Å²) in [5.74, 6) is -0.961. The summed E-state index contributed by atoms with van der Waals surface area (Å²) in [5, 5.41) is 16.0. The van der Waals surface area contributed by atoms with Crippen LogP contribution in [0.3, 0.4) is 0 Å². The third-order valence-electron chi connectivity index (χ3n) is 5.33. The van der Waals surface area contributed by atoms with Gasteiger partial charge in [-0.25, -0.2) is 10.2 Å². The van der Waals surface area contributed by atoms with Crippen molar-refractivity contribution in [2.24, 2.45) is 5.10 Å². The number of carbonyl (C=O) groups excluding carboxylic acids is 2. The fourth-order valence-electron chi connectivity index (χ4n) is 3.70. The van der Waals surface area contributed by atoms with Gasteiger partial charge in [-0.1, -0.05) is 42.5 Å². The van der Waals surface area contributed by atoms with Crippen molar-refractivity contribution in [2.45, 2.75) is 6.54 Å². The Morgan fingerprint density at radius 1 is 1.08 bits per heavy atom. The Hall–Kier alpha value is -4.99. The summed E-state index contributed by atoms with van der Waals surface area (Å²) in [7, 11) is 1.34. The van der Waals surface area contributed by atoms with E-state index in [-0.39, 0.29) is 11.4 Å². The molecular weight excluding hydrogens is 464 g/mol.